The van der Waals surface area contributed by atoms with E-state index < -0.39 is 5.91 Å². The minimum atomic E-state index is -0.475. The van der Waals surface area contributed by atoms with Gasteiger partial charge in [-0.25, -0.2) is 0 Å². The second-order valence-corrected chi connectivity index (χ2v) is 5.17. The van der Waals surface area contributed by atoms with Gasteiger partial charge in [-0.2, -0.15) is 5.10 Å². The fourth-order valence-electron chi connectivity index (χ4n) is 2.49. The summed E-state index contributed by atoms with van der Waals surface area (Å²) in [6.07, 6.45) is 1.70. The highest BCUT2D eigenvalue weighted by Gasteiger charge is 2.16. The number of ether oxygens (including phenoxy) is 1. The first-order valence-corrected chi connectivity index (χ1v) is 7.33. The molecule has 0 unspecified atom stereocenters. The van der Waals surface area contributed by atoms with Crippen molar-refractivity contribution in [3.63, 3.8) is 0 Å². The number of amides is 1. The van der Waals surface area contributed by atoms with Crippen LogP contribution in [0.5, 0.6) is 0 Å². The summed E-state index contributed by atoms with van der Waals surface area (Å²) in [4.78, 5) is 18.2. The second kappa shape index (κ2) is 6.67. The van der Waals surface area contributed by atoms with E-state index >= 15 is 0 Å². The molecule has 3 heterocycles. The number of primary amides is 1. The van der Waals surface area contributed by atoms with E-state index in [9.17, 15) is 4.79 Å². The smallest absolute Gasteiger partial charge is 0.266 e. The zero-order valence-corrected chi connectivity index (χ0v) is 12.3. The number of pyridine rings is 1. The normalized spacial score (nSPS) is 15.8. The van der Waals surface area contributed by atoms with E-state index in [0.717, 1.165) is 38.5 Å². The van der Waals surface area contributed by atoms with E-state index in [0.29, 0.717) is 17.9 Å². The van der Waals surface area contributed by atoms with E-state index in [1.807, 2.05) is 18.2 Å². The van der Waals surface area contributed by atoms with Crippen molar-refractivity contribution in [2.24, 2.45) is 5.73 Å². The minimum Gasteiger partial charge on any atom is -0.379 e. The van der Waals surface area contributed by atoms with Crippen molar-refractivity contribution in [2.45, 2.75) is 6.54 Å². The largest absolute Gasteiger partial charge is 0.379 e. The number of carbonyl (C=O) groups excluding carboxylic acids is 1. The van der Waals surface area contributed by atoms with Gasteiger partial charge in [0.25, 0.3) is 5.91 Å². The molecule has 0 aromatic carbocycles. The molecular formula is C15H19N5O2. The zero-order chi connectivity index (χ0) is 15.4. The van der Waals surface area contributed by atoms with Gasteiger partial charge in [-0.1, -0.05) is 6.07 Å². The summed E-state index contributed by atoms with van der Waals surface area (Å²) in [7, 11) is 0. The van der Waals surface area contributed by atoms with Crippen molar-refractivity contribution in [1.82, 2.24) is 19.7 Å². The summed E-state index contributed by atoms with van der Waals surface area (Å²) in [5, 5.41) is 4.48. The van der Waals surface area contributed by atoms with Crippen molar-refractivity contribution < 1.29 is 9.53 Å². The molecular weight excluding hydrogens is 282 g/mol. The molecule has 2 aromatic rings. The Hall–Kier alpha value is -2.25. The lowest BCUT2D eigenvalue weighted by atomic mass is 10.2. The number of carbonyl (C=O) groups is 1. The molecule has 0 radical (unpaired) electrons. The summed E-state index contributed by atoms with van der Waals surface area (Å²) < 4.78 is 7.00. The van der Waals surface area contributed by atoms with Crippen LogP contribution in [0.1, 0.15) is 10.5 Å². The molecule has 116 valence electrons. The van der Waals surface area contributed by atoms with Crippen LogP contribution in [0.4, 0.5) is 0 Å². The van der Waals surface area contributed by atoms with E-state index in [1.165, 1.54) is 0 Å². The highest BCUT2D eigenvalue weighted by atomic mass is 16.5. The SMILES string of the molecule is NC(=O)c1cc(-c2ccccn2)nn1CCN1CCOCC1. The first kappa shape index (κ1) is 14.7. The van der Waals surface area contributed by atoms with Gasteiger partial charge < -0.3 is 10.5 Å². The molecule has 0 saturated carbocycles. The van der Waals surface area contributed by atoms with Crippen LogP contribution < -0.4 is 5.73 Å². The zero-order valence-electron chi connectivity index (χ0n) is 12.3. The van der Waals surface area contributed by atoms with Crippen LogP contribution >= 0.6 is 0 Å². The van der Waals surface area contributed by atoms with Crippen molar-refractivity contribution in [3.05, 3.63) is 36.2 Å². The Bertz CT molecular complexity index is 635. The topological polar surface area (TPSA) is 86.3 Å². The monoisotopic (exact) mass is 301 g/mol. The highest BCUT2D eigenvalue weighted by Crippen LogP contribution is 2.16. The molecule has 7 nitrogen and oxygen atoms in total. The Labute approximate surface area is 128 Å². The molecule has 0 atom stereocenters. The highest BCUT2D eigenvalue weighted by molar-refractivity contribution is 5.92. The molecule has 1 amide bonds. The molecule has 2 N–H and O–H groups in total. The molecule has 0 spiro atoms. The second-order valence-electron chi connectivity index (χ2n) is 5.17. The van der Waals surface area contributed by atoms with Gasteiger partial charge in [0.2, 0.25) is 0 Å². The van der Waals surface area contributed by atoms with Crippen molar-refractivity contribution >= 4 is 5.91 Å². The summed E-state index contributed by atoms with van der Waals surface area (Å²) in [6.45, 7) is 4.74. The van der Waals surface area contributed by atoms with Gasteiger partial charge in [-0.05, 0) is 18.2 Å². The molecule has 2 aromatic heterocycles. The van der Waals surface area contributed by atoms with Crippen LogP contribution in [0.15, 0.2) is 30.5 Å². The predicted molar refractivity (Wildman–Crippen MR) is 81.2 cm³/mol. The van der Waals surface area contributed by atoms with E-state index in [4.69, 9.17) is 10.5 Å². The maximum absolute atomic E-state index is 11.6. The van der Waals surface area contributed by atoms with E-state index in [1.54, 1.807) is 16.9 Å². The van der Waals surface area contributed by atoms with Gasteiger partial charge in [0.1, 0.15) is 11.4 Å². The molecule has 7 heteroatoms. The third kappa shape index (κ3) is 3.32. The molecule has 0 aliphatic carbocycles. The lowest BCUT2D eigenvalue weighted by Gasteiger charge is -2.26. The number of hydrogen-bond donors (Lipinski definition) is 1. The number of morpholine rings is 1. The Morgan fingerprint density at radius 2 is 2.05 bits per heavy atom. The maximum Gasteiger partial charge on any atom is 0.266 e. The van der Waals surface area contributed by atoms with Gasteiger partial charge in [0.15, 0.2) is 0 Å². The average molecular weight is 301 g/mol. The average Bonchev–Trinajstić information content (AvgIpc) is 2.99. The van der Waals surface area contributed by atoms with E-state index in [2.05, 4.69) is 15.0 Å². The lowest BCUT2D eigenvalue weighted by Crippen LogP contribution is -2.38. The van der Waals surface area contributed by atoms with Crippen molar-refractivity contribution in [3.8, 4) is 11.4 Å². The van der Waals surface area contributed by atoms with Crippen LogP contribution in [0.3, 0.4) is 0 Å². The van der Waals surface area contributed by atoms with E-state index in [-0.39, 0.29) is 0 Å². The molecule has 1 aliphatic heterocycles. The van der Waals surface area contributed by atoms with Crippen LogP contribution in [-0.2, 0) is 11.3 Å². The maximum atomic E-state index is 11.6. The van der Waals surface area contributed by atoms with Crippen LogP contribution in [0.25, 0.3) is 11.4 Å². The van der Waals surface area contributed by atoms with Gasteiger partial charge in [0, 0.05) is 25.8 Å². The summed E-state index contributed by atoms with van der Waals surface area (Å²) in [6, 6.07) is 7.29. The quantitative estimate of drug-likeness (QED) is 0.862. The fraction of sp³-hybridized carbons (Fsp3) is 0.400. The van der Waals surface area contributed by atoms with Crippen molar-refractivity contribution in [2.75, 3.05) is 32.8 Å². The Kier molecular flexibility index (Phi) is 4.45. The molecule has 1 saturated heterocycles. The van der Waals surface area contributed by atoms with Crippen LogP contribution in [0, 0.1) is 0 Å². The Morgan fingerprint density at radius 3 is 2.73 bits per heavy atom. The standard InChI is InChI=1S/C15H19N5O2/c16-15(21)14-11-13(12-3-1-2-4-17-12)18-20(14)6-5-19-7-9-22-10-8-19/h1-4,11H,5-10H2,(H2,16,21). The first-order valence-electron chi connectivity index (χ1n) is 7.33. The number of hydrogen-bond acceptors (Lipinski definition) is 5. The lowest BCUT2D eigenvalue weighted by molar-refractivity contribution is 0.0358. The molecule has 0 bridgehead atoms. The van der Waals surface area contributed by atoms with Crippen LogP contribution in [-0.4, -0.2) is 58.4 Å². The van der Waals surface area contributed by atoms with Gasteiger partial charge >= 0.3 is 0 Å². The molecule has 1 aliphatic rings. The summed E-state index contributed by atoms with van der Waals surface area (Å²) in [5.74, 6) is -0.475. The first-order chi connectivity index (χ1) is 10.7. The number of rotatable bonds is 5. The van der Waals surface area contributed by atoms with Crippen molar-refractivity contribution in [1.29, 1.82) is 0 Å². The Balaban J connectivity index is 1.77. The fourth-order valence-corrected chi connectivity index (χ4v) is 2.49. The van der Waals surface area contributed by atoms with Gasteiger partial charge in [-0.15, -0.1) is 0 Å². The number of aromatic nitrogens is 3. The minimum absolute atomic E-state index is 0.411. The number of nitrogens with zero attached hydrogens (tertiary/aromatic N) is 4. The molecule has 3 rings (SSSR count). The Morgan fingerprint density at radius 1 is 1.23 bits per heavy atom. The molecule has 22 heavy (non-hydrogen) atoms. The predicted octanol–water partition coefficient (Wildman–Crippen LogP) is 0.376. The summed E-state index contributed by atoms with van der Waals surface area (Å²) >= 11 is 0. The van der Waals surface area contributed by atoms with Gasteiger partial charge in [-0.3, -0.25) is 19.4 Å². The third-order valence-electron chi connectivity index (χ3n) is 3.69. The number of nitrogens with two attached hydrogens (primary N) is 1. The third-order valence-corrected chi connectivity index (χ3v) is 3.69. The summed E-state index contributed by atoms with van der Waals surface area (Å²) in [5.41, 5.74) is 7.27. The molecule has 1 fully saturated rings. The van der Waals surface area contributed by atoms with Gasteiger partial charge in [0.05, 0.1) is 25.5 Å². The van der Waals surface area contributed by atoms with Crippen LogP contribution in [0.2, 0.25) is 0 Å².